The molecule has 1 aliphatic rings. The first-order chi connectivity index (χ1) is 13.4. The smallest absolute Gasteiger partial charge is 0.342 e. The van der Waals surface area contributed by atoms with Gasteiger partial charge >= 0.3 is 5.97 Å². The first-order valence-electron chi connectivity index (χ1n) is 9.24. The van der Waals surface area contributed by atoms with Crippen LogP contribution in [0, 0.1) is 19.8 Å². The van der Waals surface area contributed by atoms with Crippen LogP contribution in [0.5, 0.6) is 0 Å². The number of piperidine rings is 1. The van der Waals surface area contributed by atoms with Crippen molar-refractivity contribution in [1.82, 2.24) is 14.7 Å². The number of benzene rings is 1. The van der Waals surface area contributed by atoms with E-state index in [0.29, 0.717) is 36.3 Å². The van der Waals surface area contributed by atoms with Gasteiger partial charge in [0.25, 0.3) is 5.91 Å². The molecule has 28 heavy (non-hydrogen) atoms. The number of aryl methyl sites for hydroxylation is 1. The van der Waals surface area contributed by atoms with Crippen molar-refractivity contribution in [3.63, 3.8) is 0 Å². The zero-order valence-corrected chi connectivity index (χ0v) is 16.1. The first kappa shape index (κ1) is 19.6. The molecule has 0 bridgehead atoms. The van der Waals surface area contributed by atoms with Gasteiger partial charge in [0.1, 0.15) is 5.56 Å². The lowest BCUT2D eigenvalue weighted by molar-refractivity contribution is -0.137. The maximum absolute atomic E-state index is 12.6. The molecule has 0 aliphatic carbocycles. The number of likely N-dealkylation sites (tertiary alicyclic amines) is 1. The number of amides is 2. The molecule has 8 heteroatoms. The predicted octanol–water partition coefficient (Wildman–Crippen LogP) is 1.37. The van der Waals surface area contributed by atoms with E-state index in [1.807, 2.05) is 30.3 Å². The van der Waals surface area contributed by atoms with Crippen LogP contribution >= 0.6 is 0 Å². The van der Waals surface area contributed by atoms with Crippen molar-refractivity contribution in [1.29, 1.82) is 0 Å². The average Bonchev–Trinajstić information content (AvgIpc) is 3.00. The van der Waals surface area contributed by atoms with Crippen molar-refractivity contribution in [2.75, 3.05) is 19.7 Å². The van der Waals surface area contributed by atoms with Gasteiger partial charge in [-0.25, -0.2) is 9.48 Å². The van der Waals surface area contributed by atoms with E-state index in [-0.39, 0.29) is 25.0 Å². The molecule has 8 nitrogen and oxygen atoms in total. The molecule has 0 saturated carbocycles. The maximum atomic E-state index is 12.6. The lowest BCUT2D eigenvalue weighted by Gasteiger charge is -2.31. The van der Waals surface area contributed by atoms with E-state index in [2.05, 4.69) is 5.10 Å². The molecule has 2 N–H and O–H groups in total. The normalized spacial score (nSPS) is 16.6. The summed E-state index contributed by atoms with van der Waals surface area (Å²) in [6.07, 6.45) is 1.38. The van der Waals surface area contributed by atoms with Gasteiger partial charge in [0, 0.05) is 13.1 Å². The summed E-state index contributed by atoms with van der Waals surface area (Å²) in [6, 6.07) is 9.47. The molecule has 1 atom stereocenters. The topological polar surface area (TPSA) is 108 Å². The second kappa shape index (κ2) is 8.24. The molecule has 2 amide bonds. The standard InChI is InChI=1S/C20H24N4O4/c1-13-18(14(2)24(22-13)16-8-4-3-5-9-16)20(27)28-12-17(25)23-10-6-7-15(11-23)19(21)26/h3-5,8-9,15H,6-7,10-12H2,1-2H3,(H2,21,26)/t15-/m1/s1. The largest absolute Gasteiger partial charge is 0.452 e. The Morgan fingerprint density at radius 2 is 1.93 bits per heavy atom. The Kier molecular flexibility index (Phi) is 5.77. The number of para-hydroxylation sites is 1. The Labute approximate surface area is 163 Å². The van der Waals surface area contributed by atoms with Gasteiger partial charge < -0.3 is 15.4 Å². The summed E-state index contributed by atoms with van der Waals surface area (Å²) in [6.45, 7) is 3.94. The molecule has 2 aromatic rings. The SMILES string of the molecule is Cc1nn(-c2ccccc2)c(C)c1C(=O)OCC(=O)N1CCC[C@@H](C(N)=O)C1. The highest BCUT2D eigenvalue weighted by atomic mass is 16.5. The molecule has 3 rings (SSSR count). The third kappa shape index (κ3) is 4.05. The summed E-state index contributed by atoms with van der Waals surface area (Å²) in [7, 11) is 0. The summed E-state index contributed by atoms with van der Waals surface area (Å²) < 4.78 is 6.93. The summed E-state index contributed by atoms with van der Waals surface area (Å²) in [4.78, 5) is 37.8. The molecule has 0 unspecified atom stereocenters. The number of primary amides is 1. The molecule has 0 radical (unpaired) electrons. The number of carbonyl (C=O) groups excluding carboxylic acids is 3. The van der Waals surface area contributed by atoms with E-state index < -0.39 is 11.9 Å². The Hall–Kier alpha value is -3.16. The van der Waals surface area contributed by atoms with Crippen LogP contribution in [0.15, 0.2) is 30.3 Å². The van der Waals surface area contributed by atoms with E-state index in [9.17, 15) is 14.4 Å². The molecular weight excluding hydrogens is 360 g/mol. The monoisotopic (exact) mass is 384 g/mol. The van der Waals surface area contributed by atoms with Gasteiger partial charge in [-0.15, -0.1) is 0 Å². The number of carbonyl (C=O) groups is 3. The lowest BCUT2D eigenvalue weighted by atomic mass is 9.97. The van der Waals surface area contributed by atoms with Crippen LogP contribution in [0.4, 0.5) is 0 Å². The zero-order chi connectivity index (χ0) is 20.3. The highest BCUT2D eigenvalue weighted by Crippen LogP contribution is 2.19. The predicted molar refractivity (Wildman–Crippen MR) is 102 cm³/mol. The molecule has 1 aromatic carbocycles. The summed E-state index contributed by atoms with van der Waals surface area (Å²) >= 11 is 0. The minimum Gasteiger partial charge on any atom is -0.452 e. The number of ether oxygens (including phenoxy) is 1. The molecule has 1 saturated heterocycles. The summed E-state index contributed by atoms with van der Waals surface area (Å²) in [5.41, 5.74) is 7.71. The quantitative estimate of drug-likeness (QED) is 0.784. The fourth-order valence-corrected chi connectivity index (χ4v) is 3.49. The van der Waals surface area contributed by atoms with Crippen LogP contribution in [0.2, 0.25) is 0 Å². The van der Waals surface area contributed by atoms with Crippen molar-refractivity contribution in [3.8, 4) is 5.69 Å². The van der Waals surface area contributed by atoms with Crippen LogP contribution in [0.3, 0.4) is 0 Å². The average molecular weight is 384 g/mol. The van der Waals surface area contributed by atoms with Crippen molar-refractivity contribution >= 4 is 17.8 Å². The third-order valence-electron chi connectivity index (χ3n) is 5.00. The molecule has 1 fully saturated rings. The summed E-state index contributed by atoms with van der Waals surface area (Å²) in [5.74, 6) is -1.67. The summed E-state index contributed by atoms with van der Waals surface area (Å²) in [5, 5.41) is 4.42. The van der Waals surface area contributed by atoms with Gasteiger partial charge in [-0.1, -0.05) is 18.2 Å². The Morgan fingerprint density at radius 3 is 2.61 bits per heavy atom. The van der Waals surface area contributed by atoms with Crippen molar-refractivity contribution in [2.45, 2.75) is 26.7 Å². The number of rotatable bonds is 5. The van der Waals surface area contributed by atoms with E-state index in [0.717, 1.165) is 5.69 Å². The number of hydrogen-bond acceptors (Lipinski definition) is 5. The van der Waals surface area contributed by atoms with Gasteiger partial charge in [-0.05, 0) is 38.8 Å². The molecule has 1 aromatic heterocycles. The minimum atomic E-state index is -0.589. The van der Waals surface area contributed by atoms with E-state index in [1.165, 1.54) is 4.90 Å². The number of nitrogens with zero attached hydrogens (tertiary/aromatic N) is 3. The Balaban J connectivity index is 1.66. The lowest BCUT2D eigenvalue weighted by Crippen LogP contribution is -2.45. The third-order valence-corrected chi connectivity index (χ3v) is 5.00. The molecule has 1 aliphatic heterocycles. The van der Waals surface area contributed by atoms with Gasteiger partial charge in [0.15, 0.2) is 6.61 Å². The van der Waals surface area contributed by atoms with E-state index in [4.69, 9.17) is 10.5 Å². The van der Waals surface area contributed by atoms with Gasteiger partial charge in [0.2, 0.25) is 5.91 Å². The maximum Gasteiger partial charge on any atom is 0.342 e. The van der Waals surface area contributed by atoms with Crippen LogP contribution in [0.1, 0.15) is 34.6 Å². The Bertz CT molecular complexity index is 891. The van der Waals surface area contributed by atoms with Crippen molar-refractivity contribution in [2.24, 2.45) is 11.7 Å². The number of hydrogen-bond donors (Lipinski definition) is 1. The van der Waals surface area contributed by atoms with E-state index in [1.54, 1.807) is 18.5 Å². The van der Waals surface area contributed by atoms with Crippen LogP contribution in [-0.2, 0) is 14.3 Å². The van der Waals surface area contributed by atoms with Gasteiger partial charge in [-0.3, -0.25) is 9.59 Å². The highest BCUT2D eigenvalue weighted by Gasteiger charge is 2.28. The fourth-order valence-electron chi connectivity index (χ4n) is 3.49. The van der Waals surface area contributed by atoms with Crippen molar-refractivity contribution < 1.29 is 19.1 Å². The molecule has 148 valence electrons. The van der Waals surface area contributed by atoms with E-state index >= 15 is 0 Å². The van der Waals surface area contributed by atoms with Gasteiger partial charge in [-0.2, -0.15) is 5.10 Å². The van der Waals surface area contributed by atoms with Crippen LogP contribution < -0.4 is 5.73 Å². The second-order valence-electron chi connectivity index (χ2n) is 6.95. The molecular formula is C20H24N4O4. The second-order valence-corrected chi connectivity index (χ2v) is 6.95. The number of aromatic nitrogens is 2. The first-order valence-corrected chi connectivity index (χ1v) is 9.24. The fraction of sp³-hybridized carbons (Fsp3) is 0.400. The Morgan fingerprint density at radius 1 is 1.21 bits per heavy atom. The highest BCUT2D eigenvalue weighted by molar-refractivity contribution is 5.93. The number of esters is 1. The number of nitrogens with two attached hydrogens (primary N) is 1. The van der Waals surface area contributed by atoms with Crippen LogP contribution in [0.25, 0.3) is 5.69 Å². The molecule has 0 spiro atoms. The minimum absolute atomic E-state index is 0.274. The van der Waals surface area contributed by atoms with Gasteiger partial charge in [0.05, 0.1) is 23.0 Å². The molecule has 2 heterocycles. The zero-order valence-electron chi connectivity index (χ0n) is 16.1. The van der Waals surface area contributed by atoms with Crippen LogP contribution in [-0.4, -0.2) is 52.2 Å². The van der Waals surface area contributed by atoms with Crippen molar-refractivity contribution in [3.05, 3.63) is 47.3 Å².